The van der Waals surface area contributed by atoms with E-state index >= 15 is 0 Å². The van der Waals surface area contributed by atoms with Gasteiger partial charge >= 0.3 is 6.03 Å². The van der Waals surface area contributed by atoms with Crippen LogP contribution in [0.3, 0.4) is 0 Å². The van der Waals surface area contributed by atoms with Crippen LogP contribution in [0.1, 0.15) is 41.7 Å². The molecule has 2 aliphatic rings. The molecule has 2 heterocycles. The maximum absolute atomic E-state index is 12.2. The molecule has 0 unspecified atom stereocenters. The first-order valence-electron chi connectivity index (χ1n) is 7.59. The molecule has 7 heteroatoms. The van der Waals surface area contributed by atoms with Gasteiger partial charge in [0, 0.05) is 17.8 Å². The molecular weight excluding hydrogens is 302 g/mol. The number of rotatable bonds is 3. The molecule has 1 aliphatic heterocycles. The van der Waals surface area contributed by atoms with Gasteiger partial charge in [-0.15, -0.1) is 11.3 Å². The van der Waals surface area contributed by atoms with Gasteiger partial charge in [-0.25, -0.2) is 4.79 Å². The molecule has 0 spiro atoms. The van der Waals surface area contributed by atoms with Gasteiger partial charge in [-0.2, -0.15) is 0 Å². The van der Waals surface area contributed by atoms with E-state index in [1.165, 1.54) is 28.8 Å². The van der Waals surface area contributed by atoms with Crippen LogP contribution >= 0.6 is 11.3 Å². The van der Waals surface area contributed by atoms with Crippen molar-refractivity contribution < 1.29 is 14.4 Å². The standard InChI is InChI=1S/C15H19N3O3S/c19-13-6-5-11(17-15(21)18-13)14(20)16-7-9-8-22-12-4-2-1-3-10(9)12/h8,11H,1-7H2,(H,16,20)(H2,17,18,19,21)/t11-/m1/s1. The summed E-state index contributed by atoms with van der Waals surface area (Å²) in [4.78, 5) is 36.3. The van der Waals surface area contributed by atoms with E-state index in [0.717, 1.165) is 12.8 Å². The van der Waals surface area contributed by atoms with Crippen LogP contribution < -0.4 is 16.0 Å². The van der Waals surface area contributed by atoms with Crippen LogP contribution in [0.5, 0.6) is 0 Å². The van der Waals surface area contributed by atoms with Crippen molar-refractivity contribution in [1.29, 1.82) is 0 Å². The normalized spacial score (nSPS) is 21.4. The Morgan fingerprint density at radius 1 is 1.27 bits per heavy atom. The number of amides is 4. The number of carbonyl (C=O) groups is 3. The van der Waals surface area contributed by atoms with Gasteiger partial charge in [0.2, 0.25) is 11.8 Å². The first-order valence-corrected chi connectivity index (χ1v) is 8.47. The molecule has 1 aliphatic carbocycles. The van der Waals surface area contributed by atoms with Crippen LogP contribution in [0.15, 0.2) is 5.38 Å². The number of fused-ring (bicyclic) bond motifs is 1. The molecular formula is C15H19N3O3S. The second kappa shape index (κ2) is 6.48. The number of urea groups is 1. The molecule has 4 amide bonds. The topological polar surface area (TPSA) is 87.3 Å². The van der Waals surface area contributed by atoms with Crippen molar-refractivity contribution in [3.8, 4) is 0 Å². The third-order valence-electron chi connectivity index (χ3n) is 4.14. The molecule has 1 aromatic rings. The van der Waals surface area contributed by atoms with Gasteiger partial charge in [0.25, 0.3) is 0 Å². The lowest BCUT2D eigenvalue weighted by Crippen LogP contribution is -2.48. The first kappa shape index (κ1) is 15.0. The smallest absolute Gasteiger partial charge is 0.322 e. The molecule has 1 fully saturated rings. The highest BCUT2D eigenvalue weighted by Gasteiger charge is 2.26. The highest BCUT2D eigenvalue weighted by Crippen LogP contribution is 2.30. The Morgan fingerprint density at radius 3 is 2.95 bits per heavy atom. The molecule has 1 aromatic heterocycles. The lowest BCUT2D eigenvalue weighted by atomic mass is 9.96. The van der Waals surface area contributed by atoms with Gasteiger partial charge in [-0.1, -0.05) is 0 Å². The molecule has 1 atom stereocenters. The number of carbonyl (C=O) groups excluding carboxylic acids is 3. The van der Waals surface area contributed by atoms with Crippen molar-refractivity contribution in [2.75, 3.05) is 0 Å². The molecule has 22 heavy (non-hydrogen) atoms. The summed E-state index contributed by atoms with van der Waals surface area (Å²) in [6.45, 7) is 0.485. The van der Waals surface area contributed by atoms with Crippen LogP contribution in [-0.2, 0) is 29.0 Å². The maximum Gasteiger partial charge on any atom is 0.322 e. The van der Waals surface area contributed by atoms with Gasteiger partial charge in [-0.05, 0) is 48.6 Å². The van der Waals surface area contributed by atoms with Gasteiger partial charge in [0.15, 0.2) is 0 Å². The summed E-state index contributed by atoms with van der Waals surface area (Å²) >= 11 is 1.77. The quantitative estimate of drug-likeness (QED) is 0.782. The summed E-state index contributed by atoms with van der Waals surface area (Å²) in [5, 5.41) is 9.69. The summed E-state index contributed by atoms with van der Waals surface area (Å²) in [6.07, 6.45) is 5.17. The van der Waals surface area contributed by atoms with Gasteiger partial charge in [-0.3, -0.25) is 14.9 Å². The van der Waals surface area contributed by atoms with E-state index in [0.29, 0.717) is 13.0 Å². The maximum atomic E-state index is 12.2. The number of aryl methyl sites for hydroxylation is 1. The monoisotopic (exact) mass is 321 g/mol. The molecule has 0 saturated carbocycles. The van der Waals surface area contributed by atoms with Crippen molar-refractivity contribution in [3.63, 3.8) is 0 Å². The lowest BCUT2D eigenvalue weighted by Gasteiger charge is -2.16. The Balaban J connectivity index is 1.59. The second-order valence-corrected chi connectivity index (χ2v) is 6.66. The molecule has 3 N–H and O–H groups in total. The van der Waals surface area contributed by atoms with Gasteiger partial charge in [0.05, 0.1) is 0 Å². The van der Waals surface area contributed by atoms with Crippen LogP contribution in [0.2, 0.25) is 0 Å². The molecule has 0 radical (unpaired) electrons. The fourth-order valence-electron chi connectivity index (χ4n) is 2.94. The Labute approximate surface area is 132 Å². The molecule has 0 aromatic carbocycles. The van der Waals surface area contributed by atoms with Crippen molar-refractivity contribution in [2.24, 2.45) is 0 Å². The highest BCUT2D eigenvalue weighted by atomic mass is 32.1. The van der Waals surface area contributed by atoms with Crippen molar-refractivity contribution >= 4 is 29.2 Å². The average Bonchev–Trinajstić information content (AvgIpc) is 2.83. The predicted molar refractivity (Wildman–Crippen MR) is 82.5 cm³/mol. The zero-order valence-corrected chi connectivity index (χ0v) is 13.1. The third-order valence-corrected chi connectivity index (χ3v) is 5.27. The number of hydrogen-bond donors (Lipinski definition) is 3. The van der Waals surface area contributed by atoms with Crippen LogP contribution in [0.4, 0.5) is 4.79 Å². The zero-order chi connectivity index (χ0) is 15.5. The van der Waals surface area contributed by atoms with Gasteiger partial charge < -0.3 is 10.6 Å². The second-order valence-electron chi connectivity index (χ2n) is 5.70. The first-order chi connectivity index (χ1) is 10.6. The van der Waals surface area contributed by atoms with Crippen LogP contribution in [0.25, 0.3) is 0 Å². The van der Waals surface area contributed by atoms with Crippen LogP contribution in [-0.4, -0.2) is 23.9 Å². The van der Waals surface area contributed by atoms with Crippen molar-refractivity contribution in [1.82, 2.24) is 16.0 Å². The minimum Gasteiger partial charge on any atom is -0.350 e. The van der Waals surface area contributed by atoms with E-state index in [1.807, 2.05) is 0 Å². The minimum atomic E-state index is -0.652. The lowest BCUT2D eigenvalue weighted by molar-refractivity contribution is -0.123. The Bertz CT molecular complexity index is 611. The predicted octanol–water partition coefficient (Wildman–Crippen LogP) is 1.23. The summed E-state index contributed by atoms with van der Waals surface area (Å²) < 4.78 is 0. The Morgan fingerprint density at radius 2 is 2.09 bits per heavy atom. The third kappa shape index (κ3) is 3.30. The number of thiophene rings is 1. The van der Waals surface area contributed by atoms with Crippen molar-refractivity contribution in [2.45, 2.75) is 51.1 Å². The summed E-state index contributed by atoms with van der Waals surface area (Å²) in [7, 11) is 0. The van der Waals surface area contributed by atoms with Crippen LogP contribution in [0, 0.1) is 0 Å². The fourth-order valence-corrected chi connectivity index (χ4v) is 4.09. The number of hydrogen-bond acceptors (Lipinski definition) is 4. The van der Waals surface area contributed by atoms with E-state index in [2.05, 4.69) is 21.3 Å². The Hall–Kier alpha value is -1.89. The van der Waals surface area contributed by atoms with E-state index < -0.39 is 12.1 Å². The summed E-state index contributed by atoms with van der Waals surface area (Å²) in [5.41, 5.74) is 2.57. The van der Waals surface area contributed by atoms with Gasteiger partial charge in [0.1, 0.15) is 6.04 Å². The minimum absolute atomic E-state index is 0.171. The fraction of sp³-hybridized carbons (Fsp3) is 0.533. The van der Waals surface area contributed by atoms with Crippen molar-refractivity contribution in [3.05, 3.63) is 21.4 Å². The number of imide groups is 1. The van der Waals surface area contributed by atoms with E-state index in [1.54, 1.807) is 11.3 Å². The van der Waals surface area contributed by atoms with E-state index in [9.17, 15) is 14.4 Å². The van der Waals surface area contributed by atoms with E-state index in [4.69, 9.17) is 0 Å². The van der Waals surface area contributed by atoms with E-state index in [-0.39, 0.29) is 18.2 Å². The summed E-state index contributed by atoms with van der Waals surface area (Å²) in [5.74, 6) is -0.583. The zero-order valence-electron chi connectivity index (χ0n) is 12.2. The number of nitrogens with one attached hydrogen (secondary N) is 3. The molecule has 0 bridgehead atoms. The molecule has 3 rings (SSSR count). The largest absolute Gasteiger partial charge is 0.350 e. The molecule has 118 valence electrons. The highest BCUT2D eigenvalue weighted by molar-refractivity contribution is 7.10. The molecule has 1 saturated heterocycles. The average molecular weight is 321 g/mol. The Kier molecular flexibility index (Phi) is 4.42. The molecule has 6 nitrogen and oxygen atoms in total. The SMILES string of the molecule is O=C1CC[C@H](C(=O)NCc2csc3c2CCCC3)NC(=O)N1. The summed E-state index contributed by atoms with van der Waals surface area (Å²) in [6, 6.07) is -1.25.